The lowest BCUT2D eigenvalue weighted by molar-refractivity contribution is -0.254. The van der Waals surface area contributed by atoms with E-state index >= 15 is 0 Å². The maximum atomic E-state index is 12.9. The smallest absolute Gasteiger partial charge is 0.218 e. The van der Waals surface area contributed by atoms with Crippen LogP contribution in [0.2, 0.25) is 0 Å². The third-order valence-corrected chi connectivity index (χ3v) is 5.91. The second kappa shape index (κ2) is 3.39. The van der Waals surface area contributed by atoms with E-state index in [9.17, 15) is 9.59 Å². The lowest BCUT2D eigenvalue weighted by atomic mass is 9.34. The van der Waals surface area contributed by atoms with Gasteiger partial charge in [0.1, 0.15) is 11.4 Å². The van der Waals surface area contributed by atoms with Gasteiger partial charge in [0.2, 0.25) is 5.78 Å². The summed E-state index contributed by atoms with van der Waals surface area (Å²) in [6, 6.07) is 0. The molecule has 0 spiro atoms. The topological polar surface area (TPSA) is 69.4 Å². The molecular weight excluding hydrogens is 258 g/mol. The maximum absolute atomic E-state index is 12.9. The van der Waals surface area contributed by atoms with Crippen LogP contribution in [0.5, 0.6) is 0 Å². The zero-order valence-electron chi connectivity index (χ0n) is 12.7. The minimum atomic E-state index is -1.14. The van der Waals surface area contributed by atoms with Crippen LogP contribution in [-0.2, 0) is 4.74 Å². The van der Waals surface area contributed by atoms with E-state index in [-0.39, 0.29) is 22.7 Å². The number of hydrogen-bond donors (Lipinski definition) is 0. The van der Waals surface area contributed by atoms with Crippen molar-refractivity contribution in [3.63, 3.8) is 0 Å². The van der Waals surface area contributed by atoms with Crippen molar-refractivity contribution in [1.29, 1.82) is 0 Å². The summed E-state index contributed by atoms with van der Waals surface area (Å²) in [5.41, 5.74) is -1.48. The molecule has 108 valence electrons. The minimum absolute atomic E-state index is 0.0930. The summed E-state index contributed by atoms with van der Waals surface area (Å²) in [5, 5.41) is 3.79. The summed E-state index contributed by atoms with van der Waals surface area (Å²) in [6.45, 7) is 9.61. The largest absolute Gasteiger partial charge is 0.369 e. The standard InChI is InChI=1S/C15H19NO4/c1-7-8-9(16-20-7)12(18)15(19-6)11(10(8)17)13(2,3)14(15,4)5/h11H,1-6H3/t11-,15-/m1/s1. The number of ketones is 2. The summed E-state index contributed by atoms with van der Waals surface area (Å²) >= 11 is 0. The number of aromatic nitrogens is 1. The first-order valence-electron chi connectivity index (χ1n) is 6.75. The van der Waals surface area contributed by atoms with Gasteiger partial charge in [-0.05, 0) is 12.3 Å². The molecule has 0 aromatic carbocycles. The number of carbonyl (C=O) groups excluding carboxylic acids is 2. The molecule has 0 amide bonds. The summed E-state index contributed by atoms with van der Waals surface area (Å²) in [6.07, 6.45) is 0. The molecule has 3 rings (SSSR count). The Hall–Kier alpha value is -1.49. The Labute approximate surface area is 117 Å². The number of rotatable bonds is 1. The van der Waals surface area contributed by atoms with Gasteiger partial charge in [0.15, 0.2) is 11.5 Å². The molecule has 0 N–H and O–H groups in total. The number of methoxy groups -OCH3 is 1. The normalized spacial score (nSPS) is 33.4. The lowest BCUT2D eigenvalue weighted by Crippen LogP contribution is -2.80. The number of aryl methyl sites for hydroxylation is 1. The highest BCUT2D eigenvalue weighted by atomic mass is 16.5. The Morgan fingerprint density at radius 3 is 2.35 bits per heavy atom. The van der Waals surface area contributed by atoms with Gasteiger partial charge in [0.05, 0.1) is 11.5 Å². The van der Waals surface area contributed by atoms with Crippen molar-refractivity contribution >= 4 is 11.6 Å². The molecule has 0 radical (unpaired) electrons. The van der Waals surface area contributed by atoms with E-state index < -0.39 is 16.9 Å². The summed E-state index contributed by atoms with van der Waals surface area (Å²) in [4.78, 5) is 25.7. The van der Waals surface area contributed by atoms with Crippen LogP contribution >= 0.6 is 0 Å². The van der Waals surface area contributed by atoms with Crippen molar-refractivity contribution < 1.29 is 18.8 Å². The molecule has 0 saturated heterocycles. The predicted molar refractivity (Wildman–Crippen MR) is 70.7 cm³/mol. The van der Waals surface area contributed by atoms with E-state index in [1.54, 1.807) is 6.92 Å². The number of ether oxygens (including phenoxy) is 1. The van der Waals surface area contributed by atoms with E-state index in [4.69, 9.17) is 9.26 Å². The highest BCUT2D eigenvalue weighted by Crippen LogP contribution is 2.70. The van der Waals surface area contributed by atoms with Crippen molar-refractivity contribution in [3.05, 3.63) is 17.0 Å². The molecule has 5 heteroatoms. The first-order valence-corrected chi connectivity index (χ1v) is 6.75. The van der Waals surface area contributed by atoms with E-state index in [1.165, 1.54) is 7.11 Å². The van der Waals surface area contributed by atoms with Gasteiger partial charge in [-0.1, -0.05) is 32.9 Å². The third-order valence-electron chi connectivity index (χ3n) is 5.91. The van der Waals surface area contributed by atoms with E-state index in [2.05, 4.69) is 5.16 Å². The van der Waals surface area contributed by atoms with Gasteiger partial charge in [0, 0.05) is 12.5 Å². The van der Waals surface area contributed by atoms with Crippen molar-refractivity contribution in [3.8, 4) is 0 Å². The molecular formula is C15H19NO4. The van der Waals surface area contributed by atoms with Crippen LogP contribution in [0.25, 0.3) is 0 Å². The predicted octanol–water partition coefficient (Wildman–Crippen LogP) is 2.43. The number of hydrogen-bond acceptors (Lipinski definition) is 5. The fourth-order valence-corrected chi connectivity index (χ4v) is 4.16. The average molecular weight is 277 g/mol. The molecule has 0 aliphatic heterocycles. The Morgan fingerprint density at radius 1 is 1.20 bits per heavy atom. The molecule has 0 bridgehead atoms. The van der Waals surface area contributed by atoms with Crippen molar-refractivity contribution in [2.24, 2.45) is 16.7 Å². The molecule has 1 fully saturated rings. The van der Waals surface area contributed by atoms with Crippen LogP contribution in [0.1, 0.15) is 54.3 Å². The van der Waals surface area contributed by atoms with Crippen LogP contribution in [-0.4, -0.2) is 29.4 Å². The zero-order chi connectivity index (χ0) is 15.1. The molecule has 1 heterocycles. The van der Waals surface area contributed by atoms with Gasteiger partial charge in [-0.3, -0.25) is 9.59 Å². The van der Waals surface area contributed by atoms with Gasteiger partial charge < -0.3 is 9.26 Å². The maximum Gasteiger partial charge on any atom is 0.218 e. The monoisotopic (exact) mass is 277 g/mol. The van der Waals surface area contributed by atoms with Gasteiger partial charge in [-0.25, -0.2) is 0 Å². The number of carbonyl (C=O) groups is 2. The second-order valence-corrected chi connectivity index (χ2v) is 6.88. The highest BCUT2D eigenvalue weighted by molar-refractivity contribution is 6.20. The Morgan fingerprint density at radius 2 is 1.80 bits per heavy atom. The molecule has 20 heavy (non-hydrogen) atoms. The fraction of sp³-hybridized carbons (Fsp3) is 0.667. The lowest BCUT2D eigenvalue weighted by Gasteiger charge is -2.70. The van der Waals surface area contributed by atoms with Crippen LogP contribution in [0.4, 0.5) is 0 Å². The number of fused-ring (bicyclic) bond motifs is 2. The summed E-state index contributed by atoms with van der Waals surface area (Å²) < 4.78 is 10.7. The van der Waals surface area contributed by atoms with E-state index in [1.807, 2.05) is 27.7 Å². The minimum Gasteiger partial charge on any atom is -0.369 e. The summed E-state index contributed by atoms with van der Waals surface area (Å²) in [5.74, 6) is -0.415. The van der Waals surface area contributed by atoms with Gasteiger partial charge in [-0.15, -0.1) is 0 Å². The SMILES string of the molecule is CO[C@@]12C(=O)c3noc(C)c3C(=O)[C@@H]1C(C)(C)C2(C)C. The molecule has 2 atom stereocenters. The second-order valence-electron chi connectivity index (χ2n) is 6.88. The van der Waals surface area contributed by atoms with Crippen molar-refractivity contribution in [1.82, 2.24) is 5.16 Å². The molecule has 2 aliphatic rings. The first kappa shape index (κ1) is 13.5. The molecule has 5 nitrogen and oxygen atoms in total. The first-order chi connectivity index (χ1) is 9.14. The van der Waals surface area contributed by atoms with Crippen LogP contribution < -0.4 is 0 Å². The Balaban J connectivity index is 2.32. The summed E-state index contributed by atoms with van der Waals surface area (Å²) in [7, 11) is 1.49. The molecule has 1 saturated carbocycles. The molecule has 0 unspecified atom stereocenters. The average Bonchev–Trinajstić information content (AvgIpc) is 2.75. The van der Waals surface area contributed by atoms with Crippen molar-refractivity contribution in [2.75, 3.05) is 7.11 Å². The number of nitrogens with zero attached hydrogens (tertiary/aromatic N) is 1. The van der Waals surface area contributed by atoms with E-state index in [0.29, 0.717) is 11.3 Å². The van der Waals surface area contributed by atoms with Gasteiger partial charge in [-0.2, -0.15) is 0 Å². The highest BCUT2D eigenvalue weighted by Gasteiger charge is 2.80. The van der Waals surface area contributed by atoms with Crippen molar-refractivity contribution in [2.45, 2.75) is 40.2 Å². The Bertz CT molecular complexity index is 640. The Kier molecular flexibility index (Phi) is 2.29. The zero-order valence-corrected chi connectivity index (χ0v) is 12.7. The van der Waals surface area contributed by atoms with E-state index in [0.717, 1.165) is 0 Å². The van der Waals surface area contributed by atoms with Crippen LogP contribution in [0.15, 0.2) is 4.52 Å². The van der Waals surface area contributed by atoms with Gasteiger partial charge in [0.25, 0.3) is 0 Å². The quantitative estimate of drug-likeness (QED) is 0.788. The van der Waals surface area contributed by atoms with Gasteiger partial charge >= 0.3 is 0 Å². The van der Waals surface area contributed by atoms with Crippen LogP contribution in [0.3, 0.4) is 0 Å². The van der Waals surface area contributed by atoms with Crippen LogP contribution in [0, 0.1) is 23.7 Å². The third kappa shape index (κ3) is 1.02. The molecule has 2 aliphatic carbocycles. The molecule has 1 aromatic heterocycles. The fourth-order valence-electron chi connectivity index (χ4n) is 4.16. The number of Topliss-reactive ketones (excluding diaryl/α,β-unsaturated/α-hetero) is 2. The molecule has 1 aromatic rings.